The van der Waals surface area contributed by atoms with Crippen molar-refractivity contribution in [3.63, 3.8) is 0 Å². The number of rotatable bonds is 4. The second kappa shape index (κ2) is 5.21. The van der Waals surface area contributed by atoms with Crippen molar-refractivity contribution in [2.75, 3.05) is 25.2 Å². The minimum absolute atomic E-state index is 0.407. The standard InChI is InChI=1S/C11H18N2O2S/c1-6(2)5-15-8-4-7(12)10(14-3)9(13)11(8)16/h4,6,16H,5,12-13H2,1-3H3. The van der Waals surface area contributed by atoms with Crippen LogP contribution < -0.4 is 20.9 Å². The van der Waals surface area contributed by atoms with E-state index in [1.165, 1.54) is 7.11 Å². The van der Waals surface area contributed by atoms with E-state index in [-0.39, 0.29) is 0 Å². The van der Waals surface area contributed by atoms with E-state index in [1.54, 1.807) is 6.07 Å². The average Bonchev–Trinajstić information content (AvgIpc) is 2.22. The molecule has 4 nitrogen and oxygen atoms in total. The predicted octanol–water partition coefficient (Wildman–Crippen LogP) is 2.18. The third-order valence-corrected chi connectivity index (χ3v) is 2.52. The molecule has 0 radical (unpaired) electrons. The lowest BCUT2D eigenvalue weighted by atomic mass is 10.2. The van der Waals surface area contributed by atoms with E-state index in [4.69, 9.17) is 20.9 Å². The van der Waals surface area contributed by atoms with Gasteiger partial charge in [0.2, 0.25) is 0 Å². The van der Waals surface area contributed by atoms with E-state index < -0.39 is 0 Å². The summed E-state index contributed by atoms with van der Waals surface area (Å²) >= 11 is 4.30. The molecule has 0 aliphatic carbocycles. The van der Waals surface area contributed by atoms with Crippen molar-refractivity contribution in [2.45, 2.75) is 18.7 Å². The van der Waals surface area contributed by atoms with Gasteiger partial charge in [0.05, 0.1) is 30.0 Å². The first kappa shape index (κ1) is 12.8. The molecule has 0 saturated carbocycles. The number of thiol groups is 1. The minimum Gasteiger partial charge on any atom is -0.492 e. The number of benzene rings is 1. The van der Waals surface area contributed by atoms with E-state index in [0.29, 0.717) is 40.3 Å². The van der Waals surface area contributed by atoms with Gasteiger partial charge in [-0.25, -0.2) is 0 Å². The highest BCUT2D eigenvalue weighted by Gasteiger charge is 2.14. The highest BCUT2D eigenvalue weighted by molar-refractivity contribution is 7.80. The van der Waals surface area contributed by atoms with Gasteiger partial charge in [-0.1, -0.05) is 13.8 Å². The Hall–Kier alpha value is -1.23. The fraction of sp³-hybridized carbons (Fsp3) is 0.455. The first-order valence-electron chi connectivity index (χ1n) is 5.05. The van der Waals surface area contributed by atoms with Crippen LogP contribution in [0.1, 0.15) is 13.8 Å². The summed E-state index contributed by atoms with van der Waals surface area (Å²) in [5, 5.41) is 0. The summed E-state index contributed by atoms with van der Waals surface area (Å²) in [6.07, 6.45) is 0. The van der Waals surface area contributed by atoms with Gasteiger partial charge in [-0.3, -0.25) is 0 Å². The maximum Gasteiger partial charge on any atom is 0.166 e. The molecule has 1 aromatic rings. The average molecular weight is 242 g/mol. The van der Waals surface area contributed by atoms with Gasteiger partial charge in [0.1, 0.15) is 5.75 Å². The quantitative estimate of drug-likeness (QED) is 0.559. The van der Waals surface area contributed by atoms with Crippen molar-refractivity contribution >= 4 is 24.0 Å². The van der Waals surface area contributed by atoms with Crippen LogP contribution in [0.5, 0.6) is 11.5 Å². The molecule has 0 saturated heterocycles. The van der Waals surface area contributed by atoms with Crippen molar-refractivity contribution in [1.29, 1.82) is 0 Å². The zero-order valence-electron chi connectivity index (χ0n) is 9.78. The Morgan fingerprint density at radius 2 is 2.00 bits per heavy atom. The number of nitrogen functional groups attached to an aromatic ring is 2. The zero-order valence-corrected chi connectivity index (χ0v) is 10.7. The third kappa shape index (κ3) is 2.66. The summed E-state index contributed by atoms with van der Waals surface area (Å²) in [4.78, 5) is 0.562. The van der Waals surface area contributed by atoms with Crippen LogP contribution in [0.25, 0.3) is 0 Å². The Morgan fingerprint density at radius 3 is 2.50 bits per heavy atom. The smallest absolute Gasteiger partial charge is 0.166 e. The van der Waals surface area contributed by atoms with Gasteiger partial charge >= 0.3 is 0 Å². The molecule has 5 heteroatoms. The second-order valence-electron chi connectivity index (χ2n) is 3.96. The molecule has 0 spiro atoms. The van der Waals surface area contributed by atoms with Crippen molar-refractivity contribution in [3.8, 4) is 11.5 Å². The number of hydrogen-bond acceptors (Lipinski definition) is 5. The Bertz CT molecular complexity index is 381. The molecule has 0 aromatic heterocycles. The van der Waals surface area contributed by atoms with Crippen molar-refractivity contribution in [3.05, 3.63) is 6.07 Å². The van der Waals surface area contributed by atoms with Gasteiger partial charge in [0.25, 0.3) is 0 Å². The van der Waals surface area contributed by atoms with Crippen molar-refractivity contribution in [2.24, 2.45) is 5.92 Å². The lowest BCUT2D eigenvalue weighted by molar-refractivity contribution is 0.265. The molecule has 0 aliphatic heterocycles. The second-order valence-corrected chi connectivity index (χ2v) is 4.41. The van der Waals surface area contributed by atoms with E-state index >= 15 is 0 Å². The highest BCUT2D eigenvalue weighted by Crippen LogP contribution is 2.40. The third-order valence-electron chi connectivity index (χ3n) is 2.06. The Balaban J connectivity index is 3.03. The monoisotopic (exact) mass is 242 g/mol. The summed E-state index contributed by atoms with van der Waals surface area (Å²) in [6, 6.07) is 1.68. The number of hydrogen-bond donors (Lipinski definition) is 3. The molecule has 0 unspecified atom stereocenters. The molecule has 0 fully saturated rings. The van der Waals surface area contributed by atoms with Gasteiger partial charge in [0, 0.05) is 6.07 Å². The maximum absolute atomic E-state index is 5.84. The van der Waals surface area contributed by atoms with Crippen LogP contribution in [0.3, 0.4) is 0 Å². The first-order chi connectivity index (χ1) is 7.47. The van der Waals surface area contributed by atoms with Crippen LogP contribution in [0, 0.1) is 5.92 Å². The number of methoxy groups -OCH3 is 1. The summed E-state index contributed by atoms with van der Waals surface area (Å²) in [5.41, 5.74) is 12.5. The van der Waals surface area contributed by atoms with Crippen LogP contribution in [0.4, 0.5) is 11.4 Å². The summed E-state index contributed by atoms with van der Waals surface area (Å²) in [5.74, 6) is 1.46. The van der Waals surface area contributed by atoms with Gasteiger partial charge in [-0.15, -0.1) is 12.6 Å². The van der Waals surface area contributed by atoms with E-state index in [2.05, 4.69) is 26.5 Å². The first-order valence-corrected chi connectivity index (χ1v) is 5.49. The molecule has 1 aromatic carbocycles. The maximum atomic E-state index is 5.84. The normalized spacial score (nSPS) is 10.6. The molecule has 4 N–H and O–H groups in total. The lowest BCUT2D eigenvalue weighted by Gasteiger charge is -2.15. The molecule has 90 valence electrons. The number of ether oxygens (including phenoxy) is 2. The van der Waals surface area contributed by atoms with Crippen molar-refractivity contribution in [1.82, 2.24) is 0 Å². The van der Waals surface area contributed by atoms with Crippen LogP contribution in [0.15, 0.2) is 11.0 Å². The molecule has 0 amide bonds. The van der Waals surface area contributed by atoms with Gasteiger partial charge in [-0.05, 0) is 5.92 Å². The van der Waals surface area contributed by atoms with E-state index in [1.807, 2.05) is 0 Å². The lowest BCUT2D eigenvalue weighted by Crippen LogP contribution is -2.07. The Labute approximate surface area is 101 Å². The van der Waals surface area contributed by atoms with Gasteiger partial charge < -0.3 is 20.9 Å². The van der Waals surface area contributed by atoms with E-state index in [9.17, 15) is 0 Å². The fourth-order valence-electron chi connectivity index (χ4n) is 1.27. The number of nitrogens with two attached hydrogens (primary N) is 2. The van der Waals surface area contributed by atoms with Crippen LogP contribution in [-0.4, -0.2) is 13.7 Å². The molecule has 16 heavy (non-hydrogen) atoms. The molecule has 0 heterocycles. The van der Waals surface area contributed by atoms with Crippen LogP contribution in [0.2, 0.25) is 0 Å². The molecule has 0 atom stereocenters. The summed E-state index contributed by atoms with van der Waals surface area (Å²) < 4.78 is 10.7. The zero-order chi connectivity index (χ0) is 12.3. The minimum atomic E-state index is 0.407. The Morgan fingerprint density at radius 1 is 1.38 bits per heavy atom. The molecule has 1 rings (SSSR count). The number of anilines is 2. The predicted molar refractivity (Wildman–Crippen MR) is 69.4 cm³/mol. The summed E-state index contributed by atoms with van der Waals surface area (Å²) in [6.45, 7) is 4.72. The molecular formula is C11H18N2O2S. The van der Waals surface area contributed by atoms with Gasteiger partial charge in [-0.2, -0.15) is 0 Å². The van der Waals surface area contributed by atoms with Crippen molar-refractivity contribution < 1.29 is 9.47 Å². The summed E-state index contributed by atoms with van der Waals surface area (Å²) in [7, 11) is 1.52. The highest BCUT2D eigenvalue weighted by atomic mass is 32.1. The Kier molecular flexibility index (Phi) is 4.18. The molecular weight excluding hydrogens is 224 g/mol. The fourth-order valence-corrected chi connectivity index (χ4v) is 1.50. The topological polar surface area (TPSA) is 70.5 Å². The van der Waals surface area contributed by atoms with Crippen LogP contribution in [-0.2, 0) is 0 Å². The van der Waals surface area contributed by atoms with Crippen LogP contribution >= 0.6 is 12.6 Å². The molecule has 0 aliphatic rings. The molecule has 0 bridgehead atoms. The van der Waals surface area contributed by atoms with E-state index in [0.717, 1.165) is 0 Å². The SMILES string of the molecule is COc1c(N)cc(OCC(C)C)c(S)c1N. The largest absolute Gasteiger partial charge is 0.492 e. The van der Waals surface area contributed by atoms with Gasteiger partial charge in [0.15, 0.2) is 5.75 Å².